The van der Waals surface area contributed by atoms with Crippen LogP contribution in [0.1, 0.15) is 31.7 Å². The number of pyridine rings is 1. The molecule has 2 N–H and O–H groups in total. The molecule has 1 aromatic carbocycles. The smallest absolute Gasteiger partial charge is 0.219 e. The molecule has 9 nitrogen and oxygen atoms in total. The van der Waals surface area contributed by atoms with Crippen molar-refractivity contribution in [3.8, 4) is 22.9 Å². The highest BCUT2D eigenvalue weighted by molar-refractivity contribution is 5.98. The zero-order valence-electron chi connectivity index (χ0n) is 20.6. The minimum atomic E-state index is 0.299. The Labute approximate surface area is 210 Å². The van der Waals surface area contributed by atoms with Gasteiger partial charge >= 0.3 is 0 Å². The van der Waals surface area contributed by atoms with Crippen molar-refractivity contribution in [2.45, 2.75) is 37.8 Å². The number of hydrogen-bond donors (Lipinski definition) is 1. The van der Waals surface area contributed by atoms with Crippen molar-refractivity contribution in [3.05, 3.63) is 55.0 Å². The second kappa shape index (κ2) is 9.83. The maximum absolute atomic E-state index is 6.34. The molecule has 6 rings (SSSR count). The van der Waals surface area contributed by atoms with Gasteiger partial charge in [0.25, 0.3) is 0 Å². The van der Waals surface area contributed by atoms with E-state index in [-0.39, 0.29) is 0 Å². The number of likely N-dealkylation sites (N-methyl/N-ethyl adjacent to an activating group) is 1. The predicted molar refractivity (Wildman–Crippen MR) is 140 cm³/mol. The first-order valence-corrected chi connectivity index (χ1v) is 12.8. The second-order valence-corrected chi connectivity index (χ2v) is 9.85. The summed E-state index contributed by atoms with van der Waals surface area (Å²) < 4.78 is 7.93. The van der Waals surface area contributed by atoms with Crippen LogP contribution in [0.15, 0.2) is 55.0 Å². The van der Waals surface area contributed by atoms with Gasteiger partial charge in [-0.25, -0.2) is 19.6 Å². The number of hydrogen-bond acceptors (Lipinski definition) is 8. The average molecular weight is 485 g/mol. The maximum atomic E-state index is 6.34. The number of para-hydroxylation sites is 1. The van der Waals surface area contributed by atoms with Crippen molar-refractivity contribution in [3.63, 3.8) is 0 Å². The van der Waals surface area contributed by atoms with E-state index < -0.39 is 0 Å². The predicted octanol–water partition coefficient (Wildman–Crippen LogP) is 3.99. The average Bonchev–Trinajstić information content (AvgIpc) is 3.31. The molecule has 4 heterocycles. The minimum Gasteiger partial charge on any atom is -0.439 e. The number of nitrogens with zero attached hydrogens (tertiary/aromatic N) is 7. The molecule has 0 bridgehead atoms. The van der Waals surface area contributed by atoms with Crippen molar-refractivity contribution >= 4 is 16.9 Å². The van der Waals surface area contributed by atoms with E-state index in [1.54, 1.807) is 6.20 Å². The number of aromatic nitrogens is 5. The Balaban J connectivity index is 1.24. The van der Waals surface area contributed by atoms with Crippen LogP contribution in [-0.2, 0) is 0 Å². The summed E-state index contributed by atoms with van der Waals surface area (Å²) in [5, 5.41) is 5.83. The Morgan fingerprint density at radius 1 is 0.861 bits per heavy atom. The van der Waals surface area contributed by atoms with Crippen LogP contribution in [0.2, 0.25) is 0 Å². The summed E-state index contributed by atoms with van der Waals surface area (Å²) >= 11 is 0. The van der Waals surface area contributed by atoms with Crippen LogP contribution in [-0.4, -0.2) is 73.8 Å². The zero-order valence-corrected chi connectivity index (χ0v) is 20.6. The van der Waals surface area contributed by atoms with Crippen molar-refractivity contribution in [2.75, 3.05) is 39.0 Å². The highest BCUT2D eigenvalue weighted by atomic mass is 16.5. The van der Waals surface area contributed by atoms with Crippen LogP contribution in [0.5, 0.6) is 11.6 Å². The Bertz CT molecular complexity index is 1310. The molecule has 3 aromatic heterocycles. The van der Waals surface area contributed by atoms with E-state index >= 15 is 0 Å². The number of benzene rings is 1. The first-order valence-electron chi connectivity index (χ1n) is 12.8. The van der Waals surface area contributed by atoms with Crippen LogP contribution in [0.25, 0.3) is 22.3 Å². The molecule has 186 valence electrons. The van der Waals surface area contributed by atoms with Crippen molar-refractivity contribution in [1.82, 2.24) is 34.5 Å². The monoisotopic (exact) mass is 484 g/mol. The highest BCUT2D eigenvalue weighted by Crippen LogP contribution is 2.37. The van der Waals surface area contributed by atoms with E-state index in [2.05, 4.69) is 36.5 Å². The third-order valence-electron chi connectivity index (χ3n) is 7.56. The summed E-state index contributed by atoms with van der Waals surface area (Å²) in [6.45, 7) is 4.65. The quantitative estimate of drug-likeness (QED) is 0.454. The molecular weight excluding hydrogens is 452 g/mol. The first-order chi connectivity index (χ1) is 17.7. The molecule has 36 heavy (non-hydrogen) atoms. The fourth-order valence-electron chi connectivity index (χ4n) is 5.50. The molecule has 2 aliphatic rings. The van der Waals surface area contributed by atoms with Crippen molar-refractivity contribution in [1.29, 1.82) is 0 Å². The van der Waals surface area contributed by atoms with Gasteiger partial charge in [-0.3, -0.25) is 4.90 Å². The number of nitrogens with two attached hydrogens (primary N) is 1. The van der Waals surface area contributed by atoms with E-state index in [0.717, 1.165) is 54.0 Å². The van der Waals surface area contributed by atoms with E-state index in [0.29, 0.717) is 23.8 Å². The van der Waals surface area contributed by atoms with Crippen molar-refractivity contribution in [2.24, 2.45) is 0 Å². The zero-order chi connectivity index (χ0) is 24.5. The number of rotatable bonds is 5. The summed E-state index contributed by atoms with van der Waals surface area (Å²) in [5.41, 5.74) is 8.77. The molecular formula is C27H32N8O. The van der Waals surface area contributed by atoms with Crippen LogP contribution < -0.4 is 10.5 Å². The number of piperazine rings is 1. The van der Waals surface area contributed by atoms with E-state index in [1.807, 2.05) is 42.5 Å². The minimum absolute atomic E-state index is 0.299. The van der Waals surface area contributed by atoms with Gasteiger partial charge in [0.05, 0.1) is 11.4 Å². The SMILES string of the molecule is CN1CCN([C@H]2CC[C@H](n3nc(-c4ccc(Oc5ccccc5)nc4)c4c(N)ncnc43)CC2)CC1. The third-order valence-corrected chi connectivity index (χ3v) is 7.56. The number of fused-ring (bicyclic) bond motifs is 1. The third kappa shape index (κ3) is 4.52. The van der Waals surface area contributed by atoms with Gasteiger partial charge in [0, 0.05) is 50.0 Å². The van der Waals surface area contributed by atoms with Crippen LogP contribution in [0, 0.1) is 0 Å². The van der Waals surface area contributed by atoms with Crippen molar-refractivity contribution < 1.29 is 4.74 Å². The van der Waals surface area contributed by atoms with E-state index in [1.165, 1.54) is 32.3 Å². The van der Waals surface area contributed by atoms with Gasteiger partial charge in [-0.2, -0.15) is 5.10 Å². The number of nitrogen functional groups attached to an aromatic ring is 1. The Morgan fingerprint density at radius 2 is 1.61 bits per heavy atom. The lowest BCUT2D eigenvalue weighted by Gasteiger charge is -2.41. The Kier molecular flexibility index (Phi) is 6.25. The second-order valence-electron chi connectivity index (χ2n) is 9.85. The summed E-state index contributed by atoms with van der Waals surface area (Å²) in [6, 6.07) is 14.4. The van der Waals surface area contributed by atoms with Gasteiger partial charge in [0.1, 0.15) is 23.6 Å². The fraction of sp³-hybridized carbons (Fsp3) is 0.407. The summed E-state index contributed by atoms with van der Waals surface area (Å²) in [6.07, 6.45) is 7.83. The highest BCUT2D eigenvalue weighted by Gasteiger charge is 2.30. The normalized spacial score (nSPS) is 21.6. The molecule has 1 aliphatic carbocycles. The van der Waals surface area contributed by atoms with Crippen LogP contribution in [0.4, 0.5) is 5.82 Å². The van der Waals surface area contributed by atoms with Crippen LogP contribution >= 0.6 is 0 Å². The standard InChI is InChI=1S/C27H32N8O/c1-33-13-15-34(16-14-33)20-8-10-21(11-9-20)35-27-24(26(28)30-18-31-27)25(32-35)19-7-12-23(29-17-19)36-22-5-3-2-4-6-22/h2-7,12,17-18,20-21H,8-11,13-16H2,1H3,(H2,28,30,31)/t20-,21-. The molecule has 1 saturated heterocycles. The molecule has 0 amide bonds. The lowest BCUT2D eigenvalue weighted by Crippen LogP contribution is -2.49. The fourth-order valence-corrected chi connectivity index (χ4v) is 5.50. The van der Waals surface area contributed by atoms with Crippen LogP contribution in [0.3, 0.4) is 0 Å². The van der Waals surface area contributed by atoms with Gasteiger partial charge in [0.2, 0.25) is 5.88 Å². The van der Waals surface area contributed by atoms with Gasteiger partial charge < -0.3 is 15.4 Å². The lowest BCUT2D eigenvalue weighted by atomic mass is 9.90. The molecule has 9 heteroatoms. The first kappa shape index (κ1) is 22.9. The molecule has 0 unspecified atom stereocenters. The van der Waals surface area contributed by atoms with Gasteiger partial charge in [-0.15, -0.1) is 0 Å². The summed E-state index contributed by atoms with van der Waals surface area (Å²) in [4.78, 5) is 18.5. The van der Waals surface area contributed by atoms with Gasteiger partial charge in [-0.05, 0) is 50.9 Å². The largest absolute Gasteiger partial charge is 0.439 e. The van der Waals surface area contributed by atoms with Gasteiger partial charge in [-0.1, -0.05) is 18.2 Å². The molecule has 2 fully saturated rings. The molecule has 1 saturated carbocycles. The number of anilines is 1. The topological polar surface area (TPSA) is 98.2 Å². The van der Waals surface area contributed by atoms with E-state index in [4.69, 9.17) is 15.6 Å². The molecule has 0 radical (unpaired) electrons. The maximum Gasteiger partial charge on any atom is 0.219 e. The molecule has 0 atom stereocenters. The Morgan fingerprint density at radius 3 is 2.33 bits per heavy atom. The molecule has 4 aromatic rings. The summed E-state index contributed by atoms with van der Waals surface area (Å²) in [5.74, 6) is 1.72. The molecule has 0 spiro atoms. The number of ether oxygens (including phenoxy) is 1. The lowest BCUT2D eigenvalue weighted by molar-refractivity contribution is 0.0815. The van der Waals surface area contributed by atoms with Gasteiger partial charge in [0.15, 0.2) is 5.65 Å². The van der Waals surface area contributed by atoms with E-state index in [9.17, 15) is 0 Å². The summed E-state index contributed by atoms with van der Waals surface area (Å²) in [7, 11) is 2.21. The Hall–Kier alpha value is -3.56. The molecule has 1 aliphatic heterocycles.